The molecule has 4 fully saturated rings. The van der Waals surface area contributed by atoms with Crippen molar-refractivity contribution in [3.8, 4) is 18.1 Å². The van der Waals surface area contributed by atoms with E-state index in [-0.39, 0.29) is 23.3 Å². The van der Waals surface area contributed by atoms with Crippen molar-refractivity contribution in [2.75, 3.05) is 65.2 Å². The second-order valence-corrected chi connectivity index (χ2v) is 13.2. The Bertz CT molecular complexity index is 1610. The van der Waals surface area contributed by atoms with Crippen molar-refractivity contribution in [2.45, 2.75) is 44.3 Å². The van der Waals surface area contributed by atoms with Gasteiger partial charge in [-0.2, -0.15) is 0 Å². The molecule has 1 aromatic heterocycles. The summed E-state index contributed by atoms with van der Waals surface area (Å²) in [4.78, 5) is 9.61. The Labute approximate surface area is 257 Å². The van der Waals surface area contributed by atoms with Crippen molar-refractivity contribution in [1.29, 1.82) is 0 Å². The summed E-state index contributed by atoms with van der Waals surface area (Å²) in [6.45, 7) is 7.78. The predicted octanol–water partition coefficient (Wildman–Crippen LogP) is 2.63. The van der Waals surface area contributed by atoms with Gasteiger partial charge in [-0.3, -0.25) is 5.01 Å². The van der Waals surface area contributed by atoms with Crippen LogP contribution in [0, 0.1) is 23.6 Å². The van der Waals surface area contributed by atoms with E-state index in [2.05, 4.69) is 38.1 Å². The average molecular weight is 601 g/mol. The molecule has 2 unspecified atom stereocenters. The van der Waals surface area contributed by atoms with Gasteiger partial charge in [0.1, 0.15) is 17.4 Å². The number of nitrogens with one attached hydrogen (secondary N) is 1. The third kappa shape index (κ3) is 5.82. The number of fused-ring (bicyclic) bond motifs is 3. The SMILES string of the molecule is C#Cc1c(F)ccc2cc(O)cc(Cn3cnc(/C(=N\N4CC5CCC(C4)N5)OCC4(CN5CCN(C)CC5)CC4)c3N)c12. The molecular weight excluding hydrogens is 559 g/mol. The molecule has 2 atom stereocenters. The molecule has 2 bridgehead atoms. The quantitative estimate of drug-likeness (QED) is 0.206. The maximum absolute atomic E-state index is 14.7. The molecule has 0 radical (unpaired) electrons. The van der Waals surface area contributed by atoms with Crippen LogP contribution in [0.3, 0.4) is 0 Å². The van der Waals surface area contributed by atoms with Crippen LogP contribution >= 0.6 is 0 Å². The molecule has 3 aliphatic heterocycles. The van der Waals surface area contributed by atoms with Crippen LogP contribution in [-0.4, -0.2) is 107 Å². The zero-order chi connectivity index (χ0) is 30.4. The van der Waals surface area contributed by atoms with Gasteiger partial charge < -0.3 is 35.3 Å². The van der Waals surface area contributed by atoms with E-state index in [9.17, 15) is 9.50 Å². The highest BCUT2D eigenvalue weighted by molar-refractivity contribution is 5.96. The number of phenols is 1. The first-order valence-corrected chi connectivity index (χ1v) is 15.6. The van der Waals surface area contributed by atoms with Crippen molar-refractivity contribution in [1.82, 2.24) is 29.7 Å². The van der Waals surface area contributed by atoms with Crippen LogP contribution in [0.5, 0.6) is 5.75 Å². The van der Waals surface area contributed by atoms with Crippen LogP contribution in [-0.2, 0) is 11.3 Å². The Morgan fingerprint density at radius 2 is 1.95 bits per heavy atom. The van der Waals surface area contributed by atoms with Crippen LogP contribution in [0.2, 0.25) is 0 Å². The van der Waals surface area contributed by atoms with Gasteiger partial charge in [-0.1, -0.05) is 12.0 Å². The molecule has 4 heterocycles. The van der Waals surface area contributed by atoms with E-state index in [0.29, 0.717) is 52.4 Å². The van der Waals surface area contributed by atoms with Crippen LogP contribution in [0.1, 0.15) is 42.5 Å². The summed E-state index contributed by atoms with van der Waals surface area (Å²) < 4.78 is 23.0. The van der Waals surface area contributed by atoms with Crippen molar-refractivity contribution in [2.24, 2.45) is 10.5 Å². The highest BCUT2D eigenvalue weighted by atomic mass is 19.1. The van der Waals surface area contributed by atoms with Gasteiger partial charge in [0.2, 0.25) is 0 Å². The van der Waals surface area contributed by atoms with Gasteiger partial charge in [0, 0.05) is 55.6 Å². The van der Waals surface area contributed by atoms with Gasteiger partial charge in [0.15, 0.2) is 5.69 Å². The number of terminal acetylenes is 1. The summed E-state index contributed by atoms with van der Waals surface area (Å²) in [6, 6.07) is 6.96. The maximum atomic E-state index is 14.7. The van der Waals surface area contributed by atoms with Crippen LogP contribution in [0.15, 0.2) is 35.7 Å². The fourth-order valence-corrected chi connectivity index (χ4v) is 7.00. The minimum atomic E-state index is -0.482. The number of likely N-dealkylation sites (N-methyl/N-ethyl adjacent to an activating group) is 1. The molecule has 2 aromatic carbocycles. The smallest absolute Gasteiger partial charge is 0.260 e. The van der Waals surface area contributed by atoms with Gasteiger partial charge >= 0.3 is 0 Å². The van der Waals surface area contributed by atoms with Gasteiger partial charge in [0.25, 0.3) is 5.90 Å². The number of anilines is 1. The molecule has 11 heteroatoms. The van der Waals surface area contributed by atoms with E-state index in [0.717, 1.165) is 71.5 Å². The molecule has 3 aromatic rings. The number of aromatic nitrogens is 2. The molecule has 3 saturated heterocycles. The third-order valence-electron chi connectivity index (χ3n) is 9.76. The van der Waals surface area contributed by atoms with Gasteiger partial charge in [-0.15, -0.1) is 11.5 Å². The van der Waals surface area contributed by atoms with Crippen LogP contribution in [0.25, 0.3) is 10.8 Å². The van der Waals surface area contributed by atoms with E-state index in [1.54, 1.807) is 29.1 Å². The second-order valence-electron chi connectivity index (χ2n) is 13.2. The summed E-state index contributed by atoms with van der Waals surface area (Å²) in [5, 5.41) is 22.4. The molecule has 10 nitrogen and oxygen atoms in total. The summed E-state index contributed by atoms with van der Waals surface area (Å²) >= 11 is 0. The zero-order valence-corrected chi connectivity index (χ0v) is 25.3. The molecule has 44 heavy (non-hydrogen) atoms. The molecular formula is C33H41FN8O2. The summed E-state index contributed by atoms with van der Waals surface area (Å²) in [6.07, 6.45) is 11.9. The number of hydrogen-bond acceptors (Lipinski definition) is 9. The lowest BCUT2D eigenvalue weighted by Crippen LogP contribution is -2.49. The lowest BCUT2D eigenvalue weighted by atomic mass is 9.98. The Hall–Kier alpha value is -3.85. The first-order valence-electron chi connectivity index (χ1n) is 15.6. The summed E-state index contributed by atoms with van der Waals surface area (Å²) in [5.41, 5.74) is 8.15. The largest absolute Gasteiger partial charge is 0.508 e. The molecule has 4 aliphatic rings. The number of halogens is 1. The molecule has 0 spiro atoms. The van der Waals surface area contributed by atoms with E-state index < -0.39 is 5.82 Å². The lowest BCUT2D eigenvalue weighted by molar-refractivity contribution is 0.105. The van der Waals surface area contributed by atoms with Crippen molar-refractivity contribution >= 4 is 22.5 Å². The second kappa shape index (κ2) is 11.6. The first kappa shape index (κ1) is 28.9. The van der Waals surface area contributed by atoms with Crippen LogP contribution < -0.4 is 11.1 Å². The Morgan fingerprint density at radius 3 is 2.66 bits per heavy atom. The highest BCUT2D eigenvalue weighted by Gasteiger charge is 2.45. The third-order valence-corrected chi connectivity index (χ3v) is 9.76. The number of imidazole rings is 1. The number of aromatic hydroxyl groups is 1. The summed E-state index contributed by atoms with van der Waals surface area (Å²) in [7, 11) is 2.18. The molecule has 232 valence electrons. The lowest BCUT2D eigenvalue weighted by Gasteiger charge is -2.35. The Balaban J connectivity index is 1.16. The first-order chi connectivity index (χ1) is 21.3. The number of benzene rings is 2. The number of nitrogens with two attached hydrogens (primary N) is 1. The van der Waals surface area contributed by atoms with Gasteiger partial charge in [-0.25, -0.2) is 9.37 Å². The predicted molar refractivity (Wildman–Crippen MR) is 169 cm³/mol. The number of hydrazone groups is 1. The van der Waals surface area contributed by atoms with Gasteiger partial charge in [0.05, 0.1) is 38.1 Å². The number of phenolic OH excluding ortho intramolecular Hbond substituents is 1. The van der Waals surface area contributed by atoms with Crippen LogP contribution in [0.4, 0.5) is 10.2 Å². The molecule has 7 rings (SSSR count). The number of ether oxygens (including phenoxy) is 1. The van der Waals surface area contributed by atoms with Gasteiger partial charge in [-0.05, 0) is 61.9 Å². The minimum absolute atomic E-state index is 0.0648. The maximum Gasteiger partial charge on any atom is 0.260 e. The molecule has 1 saturated carbocycles. The van der Waals surface area contributed by atoms with E-state index in [4.69, 9.17) is 22.0 Å². The standard InChI is InChI=1S/C33H41FN8O2/c1-3-27-28(34)7-4-22-14-26(43)15-23(29(22)27)16-41-21-36-30(31(41)35)32(38-42-17-24-5-6-25(18-42)37-24)44-20-33(8-9-33)19-40-12-10-39(2)11-13-40/h1,4,7,14-15,21,24-25,37,43H,5-6,8-13,16-20,35H2,2H3/b38-32+. The van der Waals surface area contributed by atoms with E-state index >= 15 is 0 Å². The molecule has 1 aliphatic carbocycles. The molecule has 0 amide bonds. The number of nitrogen functional groups attached to an aromatic ring is 1. The molecule has 4 N–H and O–H groups in total. The van der Waals surface area contributed by atoms with Crippen molar-refractivity contribution < 1.29 is 14.2 Å². The fourth-order valence-electron chi connectivity index (χ4n) is 7.00. The topological polar surface area (TPSA) is 107 Å². The van der Waals surface area contributed by atoms with E-state index in [1.165, 1.54) is 6.07 Å². The zero-order valence-electron chi connectivity index (χ0n) is 25.3. The van der Waals surface area contributed by atoms with Crippen molar-refractivity contribution in [3.63, 3.8) is 0 Å². The average Bonchev–Trinajstić information content (AvgIpc) is 3.56. The van der Waals surface area contributed by atoms with E-state index in [1.807, 2.05) is 0 Å². The number of piperazine rings is 2. The normalized spacial score (nSPS) is 23.7. The fraction of sp³-hybridized carbons (Fsp3) is 0.515. The minimum Gasteiger partial charge on any atom is -0.508 e. The number of nitrogens with zero attached hydrogens (tertiary/aromatic N) is 6. The monoisotopic (exact) mass is 600 g/mol. The Morgan fingerprint density at radius 1 is 1.20 bits per heavy atom. The summed E-state index contributed by atoms with van der Waals surface area (Å²) in [5.74, 6) is 2.89. The number of rotatable bonds is 8. The highest BCUT2D eigenvalue weighted by Crippen LogP contribution is 2.47. The number of hydrogen-bond donors (Lipinski definition) is 3. The van der Waals surface area contributed by atoms with Crippen molar-refractivity contribution in [3.05, 3.63) is 53.2 Å². The Kier molecular flexibility index (Phi) is 7.60.